The number of carbonyl (C=O) groups is 2. The van der Waals surface area contributed by atoms with Crippen molar-refractivity contribution in [1.82, 2.24) is 5.32 Å². The Morgan fingerprint density at radius 3 is 2.43 bits per heavy atom. The highest BCUT2D eigenvalue weighted by atomic mass is 16.7. The van der Waals surface area contributed by atoms with Crippen molar-refractivity contribution in [2.45, 2.75) is 31.6 Å². The summed E-state index contributed by atoms with van der Waals surface area (Å²) in [5, 5.41) is 3.34. The summed E-state index contributed by atoms with van der Waals surface area (Å²) in [7, 11) is 4.53. The van der Waals surface area contributed by atoms with Crippen LogP contribution in [0.25, 0.3) is 0 Å². The van der Waals surface area contributed by atoms with Crippen LogP contribution in [0.2, 0.25) is 0 Å². The predicted octanol–water partition coefficient (Wildman–Crippen LogP) is 3.97. The SMILES string of the molecule is COC(=O)C1=C(C)NC2=C(C(=O)C[C@@H](c3ccc(OC)c(OC)c3)C2)[C@@H]1c1ccc2c(c1)OCO2. The maximum absolute atomic E-state index is 13.7. The van der Waals surface area contributed by atoms with Gasteiger partial charge >= 0.3 is 5.97 Å². The van der Waals surface area contributed by atoms with E-state index in [2.05, 4.69) is 5.32 Å². The highest BCUT2D eigenvalue weighted by Crippen LogP contribution is 2.48. The molecule has 1 aliphatic carbocycles. The Hall–Kier alpha value is -3.94. The molecule has 8 heteroatoms. The molecule has 0 radical (unpaired) electrons. The number of dihydropyridines is 1. The summed E-state index contributed by atoms with van der Waals surface area (Å²) in [6.45, 7) is 1.98. The van der Waals surface area contributed by atoms with Crippen molar-refractivity contribution in [3.8, 4) is 23.0 Å². The van der Waals surface area contributed by atoms with Crippen LogP contribution in [0.5, 0.6) is 23.0 Å². The normalized spacial score (nSPS) is 20.9. The van der Waals surface area contributed by atoms with Gasteiger partial charge in [-0.3, -0.25) is 4.79 Å². The fraction of sp³-hybridized carbons (Fsp3) is 0.333. The average Bonchev–Trinajstić information content (AvgIpc) is 3.34. The van der Waals surface area contributed by atoms with Gasteiger partial charge < -0.3 is 29.0 Å². The Morgan fingerprint density at radius 1 is 0.943 bits per heavy atom. The van der Waals surface area contributed by atoms with Gasteiger partial charge in [0.25, 0.3) is 0 Å². The summed E-state index contributed by atoms with van der Waals surface area (Å²) in [5.41, 5.74) is 4.26. The molecule has 0 spiro atoms. The summed E-state index contributed by atoms with van der Waals surface area (Å²) in [6, 6.07) is 11.3. The average molecular weight is 478 g/mol. The number of ketones is 1. The van der Waals surface area contributed by atoms with Crippen molar-refractivity contribution in [3.05, 3.63) is 70.1 Å². The van der Waals surface area contributed by atoms with Gasteiger partial charge in [-0.05, 0) is 54.7 Å². The Bertz CT molecular complexity index is 1280. The molecule has 182 valence electrons. The molecule has 2 aliphatic heterocycles. The van der Waals surface area contributed by atoms with Gasteiger partial charge in [0.15, 0.2) is 28.8 Å². The minimum Gasteiger partial charge on any atom is -0.493 e. The second-order valence-electron chi connectivity index (χ2n) is 8.74. The molecule has 2 heterocycles. The summed E-state index contributed by atoms with van der Waals surface area (Å²) in [5.74, 6) is 1.39. The maximum Gasteiger partial charge on any atom is 0.336 e. The van der Waals surface area contributed by atoms with Gasteiger partial charge in [-0.25, -0.2) is 4.79 Å². The Labute approximate surface area is 203 Å². The lowest BCUT2D eigenvalue weighted by Crippen LogP contribution is -2.36. The molecule has 5 rings (SSSR count). The summed E-state index contributed by atoms with van der Waals surface area (Å²) in [4.78, 5) is 26.5. The zero-order valence-corrected chi connectivity index (χ0v) is 20.1. The fourth-order valence-corrected chi connectivity index (χ4v) is 5.19. The lowest BCUT2D eigenvalue weighted by atomic mass is 9.71. The minimum absolute atomic E-state index is 0.0184. The number of methoxy groups -OCH3 is 3. The van der Waals surface area contributed by atoms with Crippen LogP contribution in [0.3, 0.4) is 0 Å². The van der Waals surface area contributed by atoms with Gasteiger partial charge in [0.1, 0.15) is 0 Å². The fourth-order valence-electron chi connectivity index (χ4n) is 5.19. The van der Waals surface area contributed by atoms with Gasteiger partial charge in [0, 0.05) is 29.3 Å². The standard InChI is InChI=1S/C27H27NO7/c1-14-24(27(30)33-4)25(16-6-8-21-23(12-16)35-13-34-21)26-18(28-14)9-17(10-19(26)29)15-5-7-20(31-2)22(11-15)32-3/h5-8,11-12,17,25,28H,9-10,13H2,1-4H3/t17-,25+/m0/s1. The van der Waals surface area contributed by atoms with Crippen molar-refractivity contribution in [3.63, 3.8) is 0 Å². The van der Waals surface area contributed by atoms with Crippen LogP contribution in [0.4, 0.5) is 0 Å². The van der Waals surface area contributed by atoms with Crippen LogP contribution in [-0.4, -0.2) is 39.9 Å². The van der Waals surface area contributed by atoms with Gasteiger partial charge in [0.05, 0.1) is 26.9 Å². The summed E-state index contributed by atoms with van der Waals surface area (Å²) in [6.07, 6.45) is 0.925. The van der Waals surface area contributed by atoms with E-state index in [1.807, 2.05) is 43.3 Å². The van der Waals surface area contributed by atoms with Crippen LogP contribution in [-0.2, 0) is 14.3 Å². The third-order valence-electron chi connectivity index (χ3n) is 6.84. The number of carbonyl (C=O) groups excluding carboxylic acids is 2. The van der Waals surface area contributed by atoms with Crippen LogP contribution in [0.1, 0.15) is 42.7 Å². The molecule has 8 nitrogen and oxygen atoms in total. The molecule has 2 aromatic carbocycles. The molecule has 35 heavy (non-hydrogen) atoms. The van der Waals surface area contributed by atoms with E-state index in [-0.39, 0.29) is 18.5 Å². The lowest BCUT2D eigenvalue weighted by molar-refractivity contribution is -0.136. The van der Waals surface area contributed by atoms with E-state index in [0.717, 1.165) is 16.8 Å². The monoisotopic (exact) mass is 477 g/mol. The summed E-state index contributed by atoms with van der Waals surface area (Å²) < 4.78 is 26.9. The lowest BCUT2D eigenvalue weighted by Gasteiger charge is -2.36. The molecule has 0 bridgehead atoms. The molecule has 0 amide bonds. The quantitative estimate of drug-likeness (QED) is 0.647. The number of allylic oxidation sites excluding steroid dienone is 3. The molecule has 0 saturated heterocycles. The Balaban J connectivity index is 1.57. The van der Waals surface area contributed by atoms with Gasteiger partial charge in [-0.1, -0.05) is 12.1 Å². The summed E-state index contributed by atoms with van der Waals surface area (Å²) >= 11 is 0. The first-order valence-electron chi connectivity index (χ1n) is 11.4. The van der Waals surface area contributed by atoms with Crippen molar-refractivity contribution in [1.29, 1.82) is 0 Å². The van der Waals surface area contributed by atoms with Crippen LogP contribution < -0.4 is 24.3 Å². The molecule has 1 N–H and O–H groups in total. The first-order valence-corrected chi connectivity index (χ1v) is 11.4. The van der Waals surface area contributed by atoms with E-state index < -0.39 is 11.9 Å². The molecule has 2 atom stereocenters. The van der Waals surface area contributed by atoms with Gasteiger partial charge in [0.2, 0.25) is 6.79 Å². The maximum atomic E-state index is 13.7. The number of ether oxygens (including phenoxy) is 5. The first kappa shape index (κ1) is 22.8. The molecular weight excluding hydrogens is 450 g/mol. The number of nitrogens with one attached hydrogen (secondary N) is 1. The van der Waals surface area contributed by atoms with E-state index in [9.17, 15) is 9.59 Å². The highest BCUT2D eigenvalue weighted by molar-refractivity contribution is 6.04. The van der Waals surface area contributed by atoms with Crippen molar-refractivity contribution < 1.29 is 33.3 Å². The predicted molar refractivity (Wildman–Crippen MR) is 127 cm³/mol. The molecule has 0 unspecified atom stereocenters. The van der Waals surface area contributed by atoms with Gasteiger partial charge in [-0.15, -0.1) is 0 Å². The number of hydrogen-bond donors (Lipinski definition) is 1. The second-order valence-corrected chi connectivity index (χ2v) is 8.74. The Morgan fingerprint density at radius 2 is 1.69 bits per heavy atom. The van der Waals surface area contributed by atoms with Crippen LogP contribution in [0.15, 0.2) is 58.9 Å². The molecule has 0 fully saturated rings. The second kappa shape index (κ2) is 9.02. The van der Waals surface area contributed by atoms with E-state index in [1.165, 1.54) is 7.11 Å². The van der Waals surface area contributed by atoms with E-state index >= 15 is 0 Å². The van der Waals surface area contributed by atoms with Crippen molar-refractivity contribution in [2.24, 2.45) is 0 Å². The Kier molecular flexibility index (Phi) is 5.88. The van der Waals surface area contributed by atoms with Crippen LogP contribution in [0, 0.1) is 0 Å². The van der Waals surface area contributed by atoms with E-state index in [4.69, 9.17) is 23.7 Å². The third kappa shape index (κ3) is 3.88. The van der Waals surface area contributed by atoms with E-state index in [0.29, 0.717) is 52.7 Å². The zero-order chi connectivity index (χ0) is 24.7. The van der Waals surface area contributed by atoms with Crippen molar-refractivity contribution >= 4 is 11.8 Å². The number of benzene rings is 2. The topological polar surface area (TPSA) is 92.3 Å². The number of Topliss-reactive ketones (excluding diaryl/α,β-unsaturated/α-hetero) is 1. The zero-order valence-electron chi connectivity index (χ0n) is 20.1. The smallest absolute Gasteiger partial charge is 0.336 e. The van der Waals surface area contributed by atoms with Gasteiger partial charge in [-0.2, -0.15) is 0 Å². The third-order valence-corrected chi connectivity index (χ3v) is 6.84. The number of rotatable bonds is 5. The highest BCUT2D eigenvalue weighted by Gasteiger charge is 2.41. The number of fused-ring (bicyclic) bond motifs is 1. The largest absolute Gasteiger partial charge is 0.493 e. The number of esters is 1. The number of hydrogen-bond acceptors (Lipinski definition) is 8. The minimum atomic E-state index is -0.563. The molecule has 0 aromatic heterocycles. The molecule has 0 saturated carbocycles. The van der Waals surface area contributed by atoms with Crippen LogP contribution >= 0.6 is 0 Å². The van der Waals surface area contributed by atoms with Crippen molar-refractivity contribution in [2.75, 3.05) is 28.1 Å². The molecular formula is C27H27NO7. The van der Waals surface area contributed by atoms with E-state index in [1.54, 1.807) is 14.2 Å². The molecule has 2 aromatic rings. The first-order chi connectivity index (χ1) is 16.9. The molecule has 3 aliphatic rings.